The maximum Gasteiger partial charge on any atom is 0.267 e. The van der Waals surface area contributed by atoms with Crippen LogP contribution < -0.4 is 10.3 Å². The molecule has 0 fully saturated rings. The van der Waals surface area contributed by atoms with Crippen LogP contribution in [0.25, 0.3) is 5.69 Å². The molecule has 0 bridgehead atoms. The van der Waals surface area contributed by atoms with Gasteiger partial charge in [-0.05, 0) is 37.1 Å². The predicted molar refractivity (Wildman–Crippen MR) is 71.8 cm³/mol. The van der Waals surface area contributed by atoms with Gasteiger partial charge in [0.25, 0.3) is 5.56 Å². The van der Waals surface area contributed by atoms with E-state index < -0.39 is 0 Å². The summed E-state index contributed by atoms with van der Waals surface area (Å²) in [5, 5.41) is 2.87. The van der Waals surface area contributed by atoms with Gasteiger partial charge in [0.1, 0.15) is 5.75 Å². The molecular weight excluding hydrogens is 228 g/mol. The molecule has 2 rings (SSSR count). The van der Waals surface area contributed by atoms with Crippen LogP contribution in [-0.4, -0.2) is 16.9 Å². The average Bonchev–Trinajstić information content (AvgIpc) is 2.66. The Morgan fingerprint density at radius 3 is 2.33 bits per heavy atom. The molecule has 18 heavy (non-hydrogen) atoms. The molecule has 4 nitrogen and oxygen atoms in total. The molecule has 0 radical (unpaired) electrons. The Hall–Kier alpha value is -1.97. The van der Waals surface area contributed by atoms with Gasteiger partial charge in [-0.2, -0.15) is 0 Å². The molecule has 1 heterocycles. The summed E-state index contributed by atoms with van der Waals surface area (Å²) in [5.41, 5.74) is 2.70. The van der Waals surface area contributed by atoms with E-state index in [1.807, 2.05) is 35.9 Å². The molecule has 0 amide bonds. The number of aromatic amines is 1. The molecule has 0 unspecified atom stereocenters. The molecule has 1 aromatic carbocycles. The topological polar surface area (TPSA) is 47.0 Å². The number of rotatable bonds is 3. The van der Waals surface area contributed by atoms with Crippen molar-refractivity contribution < 1.29 is 4.74 Å². The molecule has 0 aliphatic carbocycles. The van der Waals surface area contributed by atoms with Gasteiger partial charge in [-0.15, -0.1) is 0 Å². The first-order chi connectivity index (χ1) is 8.54. The first-order valence-electron chi connectivity index (χ1n) is 6.00. The van der Waals surface area contributed by atoms with Crippen molar-refractivity contribution in [3.05, 3.63) is 45.9 Å². The molecule has 2 aromatic rings. The highest BCUT2D eigenvalue weighted by atomic mass is 16.5. The summed E-state index contributed by atoms with van der Waals surface area (Å²) in [6.07, 6.45) is 0. The average molecular weight is 246 g/mol. The van der Waals surface area contributed by atoms with E-state index >= 15 is 0 Å². The van der Waals surface area contributed by atoms with E-state index in [4.69, 9.17) is 4.74 Å². The summed E-state index contributed by atoms with van der Waals surface area (Å²) in [5.74, 6) is 1.09. The van der Waals surface area contributed by atoms with Crippen LogP contribution in [0.2, 0.25) is 0 Å². The number of aromatic nitrogens is 2. The third kappa shape index (κ3) is 2.06. The van der Waals surface area contributed by atoms with Crippen molar-refractivity contribution in [2.75, 3.05) is 7.11 Å². The highest BCUT2D eigenvalue weighted by Crippen LogP contribution is 2.21. The van der Waals surface area contributed by atoms with E-state index in [0.29, 0.717) is 0 Å². The molecule has 0 saturated carbocycles. The minimum atomic E-state index is -0.0329. The Bertz CT molecular complexity index is 591. The fourth-order valence-electron chi connectivity index (χ4n) is 2.16. The molecule has 1 N–H and O–H groups in total. The molecule has 0 saturated heterocycles. The number of benzene rings is 1. The molecule has 1 aromatic heterocycles. The molecule has 0 aliphatic heterocycles. The smallest absolute Gasteiger partial charge is 0.267 e. The Morgan fingerprint density at radius 2 is 1.83 bits per heavy atom. The van der Waals surface area contributed by atoms with Crippen molar-refractivity contribution in [1.82, 2.24) is 9.78 Å². The quantitative estimate of drug-likeness (QED) is 0.904. The second-order valence-electron chi connectivity index (χ2n) is 4.64. The normalized spacial score (nSPS) is 10.9. The first-order valence-corrected chi connectivity index (χ1v) is 6.00. The Kier molecular flexibility index (Phi) is 3.28. The van der Waals surface area contributed by atoms with E-state index in [-0.39, 0.29) is 11.5 Å². The standard InChI is InChI=1S/C14H18N2O2/c1-9(2)13-10(3)14(17)15-16(13)11-5-7-12(18-4)8-6-11/h5-9H,1-4H3,(H,15,17). The van der Waals surface area contributed by atoms with E-state index in [1.165, 1.54) is 0 Å². The van der Waals surface area contributed by atoms with E-state index in [2.05, 4.69) is 18.9 Å². The van der Waals surface area contributed by atoms with Crippen LogP contribution in [0.1, 0.15) is 31.0 Å². The minimum absolute atomic E-state index is 0.0329. The van der Waals surface area contributed by atoms with Crippen molar-refractivity contribution in [2.45, 2.75) is 26.7 Å². The molecule has 0 aliphatic rings. The zero-order chi connectivity index (χ0) is 13.3. The fourth-order valence-corrected chi connectivity index (χ4v) is 2.16. The zero-order valence-electron chi connectivity index (χ0n) is 11.2. The van der Waals surface area contributed by atoms with Crippen LogP contribution in [0.4, 0.5) is 0 Å². The van der Waals surface area contributed by atoms with Gasteiger partial charge in [-0.3, -0.25) is 14.6 Å². The number of hydrogen-bond donors (Lipinski definition) is 1. The van der Waals surface area contributed by atoms with Gasteiger partial charge >= 0.3 is 0 Å². The first kappa shape index (κ1) is 12.5. The number of ether oxygens (including phenoxy) is 1. The molecule has 4 heteroatoms. The largest absolute Gasteiger partial charge is 0.497 e. The summed E-state index contributed by atoms with van der Waals surface area (Å²) >= 11 is 0. The van der Waals surface area contributed by atoms with E-state index in [9.17, 15) is 4.79 Å². The number of nitrogens with one attached hydrogen (secondary N) is 1. The van der Waals surface area contributed by atoms with Crippen molar-refractivity contribution in [3.63, 3.8) is 0 Å². The lowest BCUT2D eigenvalue weighted by Gasteiger charge is -2.12. The lowest BCUT2D eigenvalue weighted by Crippen LogP contribution is -2.06. The lowest BCUT2D eigenvalue weighted by atomic mass is 10.1. The van der Waals surface area contributed by atoms with Crippen molar-refractivity contribution in [3.8, 4) is 11.4 Å². The summed E-state index contributed by atoms with van der Waals surface area (Å²) < 4.78 is 6.98. The summed E-state index contributed by atoms with van der Waals surface area (Å²) in [6.45, 7) is 6.01. The van der Waals surface area contributed by atoms with Crippen molar-refractivity contribution in [2.24, 2.45) is 0 Å². The number of nitrogens with zero attached hydrogens (tertiary/aromatic N) is 1. The number of H-pyrrole nitrogens is 1. The minimum Gasteiger partial charge on any atom is -0.497 e. The van der Waals surface area contributed by atoms with Crippen LogP contribution in [0, 0.1) is 6.92 Å². The Balaban J connectivity index is 2.56. The van der Waals surface area contributed by atoms with Crippen LogP contribution in [0.5, 0.6) is 5.75 Å². The zero-order valence-corrected chi connectivity index (χ0v) is 11.2. The number of methoxy groups -OCH3 is 1. The van der Waals surface area contributed by atoms with E-state index in [1.54, 1.807) is 7.11 Å². The SMILES string of the molecule is COc1ccc(-n2[nH]c(=O)c(C)c2C(C)C)cc1. The Labute approximate surface area is 106 Å². The van der Waals surface area contributed by atoms with Crippen molar-refractivity contribution >= 4 is 0 Å². The summed E-state index contributed by atoms with van der Waals surface area (Å²) in [7, 11) is 1.64. The van der Waals surface area contributed by atoms with Crippen LogP contribution in [0.15, 0.2) is 29.1 Å². The predicted octanol–water partition coefficient (Wildman–Crippen LogP) is 2.61. The Morgan fingerprint density at radius 1 is 1.22 bits per heavy atom. The lowest BCUT2D eigenvalue weighted by molar-refractivity contribution is 0.414. The third-order valence-electron chi connectivity index (χ3n) is 3.06. The van der Waals surface area contributed by atoms with Gasteiger partial charge in [-0.1, -0.05) is 13.8 Å². The number of hydrogen-bond acceptors (Lipinski definition) is 2. The maximum absolute atomic E-state index is 11.8. The maximum atomic E-state index is 11.8. The van der Waals surface area contributed by atoms with Gasteiger partial charge in [0.15, 0.2) is 0 Å². The van der Waals surface area contributed by atoms with Crippen molar-refractivity contribution in [1.29, 1.82) is 0 Å². The molecule has 96 valence electrons. The van der Waals surface area contributed by atoms with Gasteiger partial charge in [-0.25, -0.2) is 0 Å². The van der Waals surface area contributed by atoms with Gasteiger partial charge < -0.3 is 4.74 Å². The second-order valence-corrected chi connectivity index (χ2v) is 4.64. The van der Waals surface area contributed by atoms with Gasteiger partial charge in [0, 0.05) is 5.56 Å². The summed E-state index contributed by atoms with van der Waals surface area (Å²) in [6, 6.07) is 7.63. The fraction of sp³-hybridized carbons (Fsp3) is 0.357. The van der Waals surface area contributed by atoms with Gasteiger partial charge in [0.05, 0.1) is 18.5 Å². The highest BCUT2D eigenvalue weighted by molar-refractivity contribution is 5.39. The van der Waals surface area contributed by atoms with Crippen LogP contribution in [0.3, 0.4) is 0 Å². The molecule has 0 spiro atoms. The third-order valence-corrected chi connectivity index (χ3v) is 3.06. The summed E-state index contributed by atoms with van der Waals surface area (Å²) in [4.78, 5) is 11.8. The van der Waals surface area contributed by atoms with Gasteiger partial charge in [0.2, 0.25) is 0 Å². The highest BCUT2D eigenvalue weighted by Gasteiger charge is 2.15. The van der Waals surface area contributed by atoms with Crippen LogP contribution in [-0.2, 0) is 0 Å². The molecule has 0 atom stereocenters. The van der Waals surface area contributed by atoms with E-state index in [0.717, 1.165) is 22.7 Å². The van der Waals surface area contributed by atoms with Crippen LogP contribution >= 0.6 is 0 Å². The second kappa shape index (κ2) is 4.72. The molecular formula is C14H18N2O2. The monoisotopic (exact) mass is 246 g/mol.